The molecule has 1 unspecified atom stereocenters. The van der Waals surface area contributed by atoms with Gasteiger partial charge in [0, 0.05) is 10.0 Å². The van der Waals surface area contributed by atoms with Gasteiger partial charge in [-0.15, -0.1) is 0 Å². The molecule has 0 bridgehead atoms. The summed E-state index contributed by atoms with van der Waals surface area (Å²) < 4.78 is 0. The smallest absolute Gasteiger partial charge is 0.0992 e. The van der Waals surface area contributed by atoms with Crippen molar-refractivity contribution in [3.05, 3.63) is 62.6 Å². The number of benzene rings is 2. The van der Waals surface area contributed by atoms with E-state index < -0.39 is 0 Å². The van der Waals surface area contributed by atoms with Crippen molar-refractivity contribution in [2.75, 3.05) is 5.32 Å². The van der Waals surface area contributed by atoms with Crippen LogP contribution < -0.4 is 5.32 Å². The SMILES string of the molecule is CCC(Nc1cc(C#N)ccc1Cl)c1ccc(Cl)cc1Cl. The van der Waals surface area contributed by atoms with Crippen LogP contribution in [-0.4, -0.2) is 0 Å². The highest BCUT2D eigenvalue weighted by Crippen LogP contribution is 2.33. The molecule has 0 aliphatic carbocycles. The summed E-state index contributed by atoms with van der Waals surface area (Å²) >= 11 is 18.4. The normalized spacial score (nSPS) is 11.8. The van der Waals surface area contributed by atoms with E-state index in [2.05, 4.69) is 11.4 Å². The molecule has 0 radical (unpaired) electrons. The predicted octanol–water partition coefficient (Wildman–Crippen LogP) is 6.08. The van der Waals surface area contributed by atoms with E-state index in [0.717, 1.165) is 12.0 Å². The molecule has 0 saturated heterocycles. The van der Waals surface area contributed by atoms with Crippen LogP contribution in [0.15, 0.2) is 36.4 Å². The van der Waals surface area contributed by atoms with Crippen molar-refractivity contribution in [3.8, 4) is 6.07 Å². The van der Waals surface area contributed by atoms with E-state index in [1.54, 1.807) is 30.3 Å². The lowest BCUT2D eigenvalue weighted by Gasteiger charge is -2.21. The minimum Gasteiger partial charge on any atom is -0.377 e. The summed E-state index contributed by atoms with van der Waals surface area (Å²) in [6.07, 6.45) is 0.814. The van der Waals surface area contributed by atoms with Crippen LogP contribution in [0.3, 0.4) is 0 Å². The maximum atomic E-state index is 8.98. The minimum atomic E-state index is -0.0128. The maximum Gasteiger partial charge on any atom is 0.0992 e. The quantitative estimate of drug-likeness (QED) is 0.732. The number of halogens is 3. The van der Waals surface area contributed by atoms with Crippen molar-refractivity contribution >= 4 is 40.5 Å². The lowest BCUT2D eigenvalue weighted by atomic mass is 10.0. The molecule has 0 amide bonds. The monoisotopic (exact) mass is 338 g/mol. The first-order valence-corrected chi connectivity index (χ1v) is 7.59. The molecule has 2 rings (SSSR count). The van der Waals surface area contributed by atoms with Gasteiger partial charge in [0.05, 0.1) is 28.4 Å². The molecule has 21 heavy (non-hydrogen) atoms. The Morgan fingerprint density at radius 1 is 1.10 bits per heavy atom. The maximum absolute atomic E-state index is 8.98. The second-order valence-corrected chi connectivity index (χ2v) is 5.83. The molecule has 0 spiro atoms. The van der Waals surface area contributed by atoms with E-state index in [0.29, 0.717) is 26.3 Å². The standard InChI is InChI=1S/C16H13Cl3N2/c1-2-15(12-5-4-11(17)8-14(12)19)21-16-7-10(9-20)3-6-13(16)18/h3-8,15,21H,2H2,1H3. The average molecular weight is 340 g/mol. The summed E-state index contributed by atoms with van der Waals surface area (Å²) in [5.74, 6) is 0. The van der Waals surface area contributed by atoms with Gasteiger partial charge in [-0.3, -0.25) is 0 Å². The zero-order valence-electron chi connectivity index (χ0n) is 11.3. The van der Waals surface area contributed by atoms with E-state index in [-0.39, 0.29) is 6.04 Å². The Morgan fingerprint density at radius 3 is 2.48 bits per heavy atom. The molecule has 0 heterocycles. The Balaban J connectivity index is 2.33. The Kier molecular flexibility index (Phi) is 5.36. The first-order valence-electron chi connectivity index (χ1n) is 6.46. The Labute approximate surface area is 139 Å². The first kappa shape index (κ1) is 16.0. The number of nitriles is 1. The number of nitrogens with one attached hydrogen (secondary N) is 1. The fraction of sp³-hybridized carbons (Fsp3) is 0.188. The van der Waals surface area contributed by atoms with Gasteiger partial charge in [-0.05, 0) is 42.3 Å². The van der Waals surface area contributed by atoms with Gasteiger partial charge in [-0.25, -0.2) is 0 Å². The number of nitrogens with zero attached hydrogens (tertiary/aromatic N) is 1. The average Bonchev–Trinajstić information content (AvgIpc) is 2.47. The zero-order valence-corrected chi connectivity index (χ0v) is 13.6. The summed E-state index contributed by atoms with van der Waals surface area (Å²) in [6.45, 7) is 2.05. The van der Waals surface area contributed by atoms with E-state index in [9.17, 15) is 0 Å². The molecule has 1 atom stereocenters. The third-order valence-corrected chi connectivity index (χ3v) is 4.06. The number of hydrogen-bond donors (Lipinski definition) is 1. The molecular formula is C16H13Cl3N2. The van der Waals surface area contributed by atoms with Crippen molar-refractivity contribution in [2.45, 2.75) is 19.4 Å². The third-order valence-electron chi connectivity index (χ3n) is 3.17. The zero-order chi connectivity index (χ0) is 15.4. The summed E-state index contributed by atoms with van der Waals surface area (Å²) in [6, 6.07) is 12.6. The molecule has 2 aromatic rings. The van der Waals surface area contributed by atoms with Crippen LogP contribution in [0.1, 0.15) is 30.5 Å². The van der Waals surface area contributed by atoms with Crippen LogP contribution in [-0.2, 0) is 0 Å². The highest BCUT2D eigenvalue weighted by molar-refractivity contribution is 6.35. The molecule has 108 valence electrons. The van der Waals surface area contributed by atoms with Gasteiger partial charge in [0.15, 0.2) is 0 Å². The lowest BCUT2D eigenvalue weighted by molar-refractivity contribution is 0.749. The number of rotatable bonds is 4. The molecule has 2 nitrogen and oxygen atoms in total. The van der Waals surface area contributed by atoms with Gasteiger partial charge in [0.2, 0.25) is 0 Å². The van der Waals surface area contributed by atoms with Gasteiger partial charge >= 0.3 is 0 Å². The summed E-state index contributed by atoms with van der Waals surface area (Å²) in [5, 5.41) is 14.1. The van der Waals surface area contributed by atoms with Crippen molar-refractivity contribution in [3.63, 3.8) is 0 Å². The Bertz CT molecular complexity index is 692. The third kappa shape index (κ3) is 3.83. The van der Waals surface area contributed by atoms with Crippen molar-refractivity contribution in [2.24, 2.45) is 0 Å². The van der Waals surface area contributed by atoms with E-state index in [1.807, 2.05) is 13.0 Å². The van der Waals surface area contributed by atoms with Gasteiger partial charge in [0.1, 0.15) is 0 Å². The van der Waals surface area contributed by atoms with E-state index in [4.69, 9.17) is 40.1 Å². The molecule has 5 heteroatoms. The summed E-state index contributed by atoms with van der Waals surface area (Å²) in [5.41, 5.74) is 2.22. The van der Waals surface area contributed by atoms with Crippen molar-refractivity contribution < 1.29 is 0 Å². The predicted molar refractivity (Wildman–Crippen MR) is 89.3 cm³/mol. The van der Waals surface area contributed by atoms with Crippen LogP contribution in [0.5, 0.6) is 0 Å². The number of hydrogen-bond acceptors (Lipinski definition) is 2. The largest absolute Gasteiger partial charge is 0.377 e. The Hall–Kier alpha value is -1.40. The lowest BCUT2D eigenvalue weighted by Crippen LogP contribution is -2.10. The Morgan fingerprint density at radius 2 is 1.86 bits per heavy atom. The molecule has 0 aliphatic rings. The molecule has 1 N–H and O–H groups in total. The summed E-state index contributed by atoms with van der Waals surface area (Å²) in [7, 11) is 0. The first-order chi connectivity index (χ1) is 10.0. The molecule has 0 saturated carbocycles. The summed E-state index contributed by atoms with van der Waals surface area (Å²) in [4.78, 5) is 0. The molecule has 0 fully saturated rings. The second-order valence-electron chi connectivity index (χ2n) is 4.58. The molecule has 0 aromatic heterocycles. The van der Waals surface area contributed by atoms with Crippen LogP contribution in [0.4, 0.5) is 5.69 Å². The van der Waals surface area contributed by atoms with Gasteiger partial charge in [0.25, 0.3) is 0 Å². The van der Waals surface area contributed by atoms with Crippen LogP contribution in [0.25, 0.3) is 0 Å². The van der Waals surface area contributed by atoms with Crippen LogP contribution in [0.2, 0.25) is 15.1 Å². The topological polar surface area (TPSA) is 35.8 Å². The van der Waals surface area contributed by atoms with Gasteiger partial charge in [-0.2, -0.15) is 5.26 Å². The van der Waals surface area contributed by atoms with Gasteiger partial charge < -0.3 is 5.32 Å². The minimum absolute atomic E-state index is 0.0128. The van der Waals surface area contributed by atoms with Gasteiger partial charge in [-0.1, -0.05) is 47.8 Å². The van der Waals surface area contributed by atoms with Crippen LogP contribution >= 0.6 is 34.8 Å². The second kappa shape index (κ2) is 7.04. The molecular weight excluding hydrogens is 327 g/mol. The van der Waals surface area contributed by atoms with Crippen molar-refractivity contribution in [1.29, 1.82) is 5.26 Å². The number of anilines is 1. The highest BCUT2D eigenvalue weighted by atomic mass is 35.5. The molecule has 2 aromatic carbocycles. The fourth-order valence-electron chi connectivity index (χ4n) is 2.08. The fourth-order valence-corrected chi connectivity index (χ4v) is 2.79. The van der Waals surface area contributed by atoms with E-state index in [1.165, 1.54) is 0 Å². The van der Waals surface area contributed by atoms with Crippen LogP contribution in [0, 0.1) is 11.3 Å². The van der Waals surface area contributed by atoms with E-state index >= 15 is 0 Å². The highest BCUT2D eigenvalue weighted by Gasteiger charge is 2.15. The molecule has 0 aliphatic heterocycles. The van der Waals surface area contributed by atoms with Crippen molar-refractivity contribution in [1.82, 2.24) is 0 Å².